The summed E-state index contributed by atoms with van der Waals surface area (Å²) >= 11 is 0. The summed E-state index contributed by atoms with van der Waals surface area (Å²) < 4.78 is 5.07. The molecular weight excluding hydrogens is 220 g/mol. The van der Waals surface area contributed by atoms with Crippen molar-refractivity contribution in [3.05, 3.63) is 0 Å². The van der Waals surface area contributed by atoms with Crippen LogP contribution in [0.25, 0.3) is 0 Å². The maximum atomic E-state index is 11.6. The van der Waals surface area contributed by atoms with Crippen molar-refractivity contribution in [2.45, 2.75) is 12.5 Å². The normalized spacial score (nSPS) is 23.0. The van der Waals surface area contributed by atoms with E-state index in [1.165, 1.54) is 6.42 Å². The zero-order valence-electron chi connectivity index (χ0n) is 11.0. The Morgan fingerprint density at radius 2 is 2.41 bits per heavy atom. The third-order valence-corrected chi connectivity index (χ3v) is 3.34. The van der Waals surface area contributed by atoms with E-state index in [0.29, 0.717) is 12.5 Å². The minimum absolute atomic E-state index is 0.194. The third-order valence-electron chi connectivity index (χ3n) is 3.34. The van der Waals surface area contributed by atoms with Crippen LogP contribution in [0.1, 0.15) is 6.42 Å². The number of likely N-dealkylation sites (tertiary alicyclic amines) is 1. The van der Waals surface area contributed by atoms with E-state index < -0.39 is 0 Å². The first-order valence-corrected chi connectivity index (χ1v) is 5.96. The van der Waals surface area contributed by atoms with E-state index in [-0.39, 0.29) is 11.9 Å². The van der Waals surface area contributed by atoms with E-state index in [0.717, 1.165) is 19.6 Å². The van der Waals surface area contributed by atoms with Gasteiger partial charge >= 0.3 is 0 Å². The number of amides is 1. The highest BCUT2D eigenvalue weighted by Gasteiger charge is 2.27. The second-order valence-electron chi connectivity index (χ2n) is 4.84. The van der Waals surface area contributed by atoms with Crippen LogP contribution in [-0.4, -0.2) is 69.2 Å². The van der Waals surface area contributed by atoms with Crippen molar-refractivity contribution in [3.8, 4) is 0 Å². The molecule has 100 valence electrons. The summed E-state index contributed by atoms with van der Waals surface area (Å²) in [5.41, 5.74) is 2.19. The zero-order chi connectivity index (χ0) is 12.8. The van der Waals surface area contributed by atoms with Crippen LogP contribution >= 0.6 is 0 Å². The van der Waals surface area contributed by atoms with Gasteiger partial charge in [0, 0.05) is 20.2 Å². The Hall–Kier alpha value is -0.690. The summed E-state index contributed by atoms with van der Waals surface area (Å²) in [6.07, 6.45) is 1.19. The standard InChI is InChI=1S/C11H24N4O2/c1-14-5-4-9(6-14)7-15(2)10(8-17-3)11(16)13-12/h9-10H,4-8,12H2,1-3H3,(H,13,16). The molecule has 0 bridgehead atoms. The van der Waals surface area contributed by atoms with Crippen molar-refractivity contribution in [2.24, 2.45) is 11.8 Å². The quantitative estimate of drug-likeness (QED) is 0.352. The van der Waals surface area contributed by atoms with Gasteiger partial charge in [0.2, 0.25) is 0 Å². The molecule has 0 radical (unpaired) electrons. The molecule has 1 saturated heterocycles. The van der Waals surface area contributed by atoms with Crippen molar-refractivity contribution in [2.75, 3.05) is 47.4 Å². The average Bonchev–Trinajstić information content (AvgIpc) is 2.70. The summed E-state index contributed by atoms with van der Waals surface area (Å²) in [4.78, 5) is 15.9. The highest BCUT2D eigenvalue weighted by atomic mass is 16.5. The van der Waals surface area contributed by atoms with E-state index >= 15 is 0 Å². The fourth-order valence-electron chi connectivity index (χ4n) is 2.37. The molecule has 3 N–H and O–H groups in total. The Morgan fingerprint density at radius 3 is 2.88 bits per heavy atom. The van der Waals surface area contributed by atoms with E-state index in [1.807, 2.05) is 11.9 Å². The predicted octanol–water partition coefficient (Wildman–Crippen LogP) is -1.13. The number of hydrogen-bond acceptors (Lipinski definition) is 5. The molecule has 2 unspecified atom stereocenters. The smallest absolute Gasteiger partial charge is 0.253 e. The molecule has 17 heavy (non-hydrogen) atoms. The fourth-order valence-corrected chi connectivity index (χ4v) is 2.37. The summed E-state index contributed by atoms with van der Waals surface area (Å²) in [5, 5.41) is 0. The Balaban J connectivity index is 2.46. The number of ether oxygens (including phenoxy) is 1. The number of likely N-dealkylation sites (N-methyl/N-ethyl adjacent to an activating group) is 1. The maximum Gasteiger partial charge on any atom is 0.253 e. The molecule has 1 aliphatic heterocycles. The minimum atomic E-state index is -0.309. The van der Waals surface area contributed by atoms with Crippen molar-refractivity contribution >= 4 is 5.91 Å². The number of carbonyl (C=O) groups is 1. The van der Waals surface area contributed by atoms with Gasteiger partial charge in [-0.2, -0.15) is 0 Å². The van der Waals surface area contributed by atoms with Gasteiger partial charge in [-0.15, -0.1) is 0 Å². The number of nitrogens with two attached hydrogens (primary N) is 1. The number of hydrazine groups is 1. The molecule has 1 aliphatic rings. The van der Waals surface area contributed by atoms with E-state index in [9.17, 15) is 4.79 Å². The lowest BCUT2D eigenvalue weighted by atomic mass is 10.1. The molecular formula is C11H24N4O2. The minimum Gasteiger partial charge on any atom is -0.383 e. The largest absolute Gasteiger partial charge is 0.383 e. The van der Waals surface area contributed by atoms with Crippen LogP contribution in [0.15, 0.2) is 0 Å². The topological polar surface area (TPSA) is 70.8 Å². The molecule has 2 atom stereocenters. The third kappa shape index (κ3) is 4.23. The highest BCUT2D eigenvalue weighted by molar-refractivity contribution is 5.81. The van der Waals surface area contributed by atoms with Gasteiger partial charge in [-0.1, -0.05) is 0 Å². The molecule has 1 heterocycles. The van der Waals surface area contributed by atoms with Gasteiger partial charge in [0.05, 0.1) is 6.61 Å². The summed E-state index contributed by atoms with van der Waals surface area (Å²) in [6.45, 7) is 3.48. The predicted molar refractivity (Wildman–Crippen MR) is 66.2 cm³/mol. The molecule has 0 saturated carbocycles. The van der Waals surface area contributed by atoms with Gasteiger partial charge < -0.3 is 9.64 Å². The van der Waals surface area contributed by atoms with Crippen LogP contribution < -0.4 is 11.3 Å². The van der Waals surface area contributed by atoms with Crippen LogP contribution in [0.4, 0.5) is 0 Å². The van der Waals surface area contributed by atoms with Gasteiger partial charge in [-0.3, -0.25) is 15.1 Å². The van der Waals surface area contributed by atoms with Crippen LogP contribution in [0.2, 0.25) is 0 Å². The summed E-state index contributed by atoms with van der Waals surface area (Å²) in [5.74, 6) is 5.61. The Kier molecular flexibility index (Phi) is 5.84. The first-order valence-electron chi connectivity index (χ1n) is 5.96. The maximum absolute atomic E-state index is 11.6. The Morgan fingerprint density at radius 1 is 1.71 bits per heavy atom. The average molecular weight is 244 g/mol. The number of rotatable bonds is 6. The van der Waals surface area contributed by atoms with Crippen molar-refractivity contribution in [1.29, 1.82) is 0 Å². The van der Waals surface area contributed by atoms with Gasteiger partial charge in [-0.05, 0) is 33.0 Å². The van der Waals surface area contributed by atoms with E-state index in [1.54, 1.807) is 7.11 Å². The molecule has 0 aromatic heterocycles. The van der Waals surface area contributed by atoms with Crippen LogP contribution in [0.5, 0.6) is 0 Å². The van der Waals surface area contributed by atoms with Crippen molar-refractivity contribution in [3.63, 3.8) is 0 Å². The van der Waals surface area contributed by atoms with Crippen molar-refractivity contribution in [1.82, 2.24) is 15.2 Å². The summed E-state index contributed by atoms with van der Waals surface area (Å²) in [6, 6.07) is -0.309. The van der Waals surface area contributed by atoms with E-state index in [2.05, 4.69) is 17.4 Å². The van der Waals surface area contributed by atoms with E-state index in [4.69, 9.17) is 10.6 Å². The summed E-state index contributed by atoms with van der Waals surface area (Å²) in [7, 11) is 5.66. The number of nitrogens with zero attached hydrogens (tertiary/aromatic N) is 2. The highest BCUT2D eigenvalue weighted by Crippen LogP contribution is 2.16. The van der Waals surface area contributed by atoms with Gasteiger partial charge in [0.15, 0.2) is 0 Å². The number of hydrogen-bond donors (Lipinski definition) is 2. The zero-order valence-corrected chi connectivity index (χ0v) is 11.0. The number of carbonyl (C=O) groups excluding carboxylic acids is 1. The monoisotopic (exact) mass is 244 g/mol. The SMILES string of the molecule is COCC(C(=O)NN)N(C)CC1CCN(C)C1. The van der Waals surface area contributed by atoms with Crippen LogP contribution in [0, 0.1) is 5.92 Å². The van der Waals surface area contributed by atoms with Gasteiger partial charge in [0.1, 0.15) is 6.04 Å². The lowest BCUT2D eigenvalue weighted by Crippen LogP contribution is -2.51. The number of nitrogens with one attached hydrogen (secondary N) is 1. The molecule has 1 rings (SSSR count). The van der Waals surface area contributed by atoms with Gasteiger partial charge in [-0.25, -0.2) is 5.84 Å². The lowest BCUT2D eigenvalue weighted by molar-refractivity contribution is -0.128. The van der Waals surface area contributed by atoms with Crippen molar-refractivity contribution < 1.29 is 9.53 Å². The van der Waals surface area contributed by atoms with Crippen LogP contribution in [0.3, 0.4) is 0 Å². The molecule has 0 aliphatic carbocycles. The molecule has 6 nitrogen and oxygen atoms in total. The fraction of sp³-hybridized carbons (Fsp3) is 0.909. The molecule has 0 aromatic carbocycles. The lowest BCUT2D eigenvalue weighted by Gasteiger charge is -2.28. The molecule has 1 amide bonds. The Bertz CT molecular complexity index is 250. The first kappa shape index (κ1) is 14.4. The second kappa shape index (κ2) is 6.90. The first-order chi connectivity index (χ1) is 8.08. The van der Waals surface area contributed by atoms with Gasteiger partial charge in [0.25, 0.3) is 5.91 Å². The molecule has 0 spiro atoms. The molecule has 1 fully saturated rings. The second-order valence-corrected chi connectivity index (χ2v) is 4.84. The Labute approximate surface area is 103 Å². The van der Waals surface area contributed by atoms with Crippen LogP contribution in [-0.2, 0) is 9.53 Å². The number of methoxy groups -OCH3 is 1. The molecule has 6 heteroatoms. The molecule has 0 aromatic rings.